The number of para-hydroxylation sites is 1. The van der Waals surface area contributed by atoms with Gasteiger partial charge in [0.15, 0.2) is 5.37 Å². The van der Waals surface area contributed by atoms with Crippen molar-refractivity contribution in [1.29, 1.82) is 0 Å². The molecule has 29 heavy (non-hydrogen) atoms. The molecule has 2 aromatic rings. The Kier molecular flexibility index (Phi) is 5.71. The number of aliphatic hydroxyl groups is 1. The fourth-order valence-electron chi connectivity index (χ4n) is 3.16. The van der Waals surface area contributed by atoms with Gasteiger partial charge in [0, 0.05) is 24.2 Å². The maximum atomic E-state index is 13.3. The minimum atomic E-state index is -5.03. The molecule has 158 valence electrons. The average molecular weight is 440 g/mol. The van der Waals surface area contributed by atoms with E-state index in [-0.39, 0.29) is 18.5 Å². The third-order valence-electron chi connectivity index (χ3n) is 4.43. The fourth-order valence-corrected chi connectivity index (χ4v) is 4.27. The van der Waals surface area contributed by atoms with Crippen molar-refractivity contribution < 1.29 is 41.4 Å². The molecule has 1 aromatic carbocycles. The number of carboxylic acid groups (broad SMARTS) is 1. The number of aliphatic carboxylic acids is 1. The molecule has 2 atom stereocenters. The van der Waals surface area contributed by atoms with E-state index in [0.29, 0.717) is 17.9 Å². The Morgan fingerprint density at radius 3 is 2.52 bits per heavy atom. The summed E-state index contributed by atoms with van der Waals surface area (Å²) in [5.41, 5.74) is -4.24. The Hall–Kier alpha value is -2.05. The molecule has 2 unspecified atom stereocenters. The fraction of sp³-hybridized carbons (Fsp3) is 0.412. The van der Waals surface area contributed by atoms with Gasteiger partial charge in [-0.05, 0) is 17.7 Å². The van der Waals surface area contributed by atoms with E-state index in [2.05, 4.69) is 4.98 Å². The molecule has 0 aliphatic carbocycles. The molecule has 0 radical (unpaired) electrons. The molecule has 0 saturated carbocycles. The predicted octanol–water partition coefficient (Wildman–Crippen LogP) is 3.77. The third kappa shape index (κ3) is 4.43. The smallest absolute Gasteiger partial charge is 0.433 e. The minimum absolute atomic E-state index is 0.266. The van der Waals surface area contributed by atoms with E-state index in [0.717, 1.165) is 23.9 Å². The lowest BCUT2D eigenvalue weighted by atomic mass is 9.99. The molecule has 0 bridgehead atoms. The van der Waals surface area contributed by atoms with Gasteiger partial charge in [-0.3, -0.25) is 4.90 Å². The lowest BCUT2D eigenvalue weighted by molar-refractivity contribution is -0.142. The lowest BCUT2D eigenvalue weighted by Gasteiger charge is -2.25. The number of pyridine rings is 1. The molecular weight excluding hydrogens is 426 g/mol. The third-order valence-corrected chi connectivity index (χ3v) is 5.66. The number of rotatable bonds is 4. The second-order valence-electron chi connectivity index (χ2n) is 6.37. The van der Waals surface area contributed by atoms with Crippen LogP contribution >= 0.6 is 11.8 Å². The highest BCUT2D eigenvalue weighted by Gasteiger charge is 2.39. The average Bonchev–Trinajstić information content (AvgIpc) is 3.06. The standard InChI is InChI=1S/C17H14F6N2O3S/c18-16(19,20)10-3-1-2-8-9(6-12(17(21,22)23)24-13(8)10)11(26)7-25-4-5-29-14(25)15(27)28/h1-3,6,11,14,26H,4-5,7H2,(H,27,28). The molecule has 12 heteroatoms. The lowest BCUT2D eigenvalue weighted by Crippen LogP contribution is -2.37. The van der Waals surface area contributed by atoms with Crippen molar-refractivity contribution in [3.8, 4) is 0 Å². The normalized spacial score (nSPS) is 19.6. The van der Waals surface area contributed by atoms with Crippen LogP contribution in [-0.4, -0.2) is 50.3 Å². The number of hydrogen-bond donors (Lipinski definition) is 2. The predicted molar refractivity (Wildman–Crippen MR) is 92.2 cm³/mol. The second-order valence-corrected chi connectivity index (χ2v) is 7.55. The number of carboxylic acids is 1. The van der Waals surface area contributed by atoms with Crippen molar-refractivity contribution in [2.75, 3.05) is 18.8 Å². The van der Waals surface area contributed by atoms with Crippen molar-refractivity contribution in [2.45, 2.75) is 23.8 Å². The van der Waals surface area contributed by atoms with E-state index in [1.807, 2.05) is 0 Å². The second kappa shape index (κ2) is 7.65. The molecule has 2 heterocycles. The molecule has 1 fully saturated rings. The van der Waals surface area contributed by atoms with Gasteiger partial charge in [0.1, 0.15) is 5.69 Å². The van der Waals surface area contributed by atoms with Crippen LogP contribution in [-0.2, 0) is 17.1 Å². The van der Waals surface area contributed by atoms with Crippen LogP contribution in [0.25, 0.3) is 10.9 Å². The Labute approximate surface area is 164 Å². The molecule has 1 aliphatic rings. The van der Waals surface area contributed by atoms with E-state index >= 15 is 0 Å². The molecule has 1 aliphatic heterocycles. The summed E-state index contributed by atoms with van der Waals surface area (Å²) in [5.74, 6) is -0.734. The van der Waals surface area contributed by atoms with Crippen LogP contribution in [0.3, 0.4) is 0 Å². The Bertz CT molecular complexity index is 934. The monoisotopic (exact) mass is 440 g/mol. The van der Waals surface area contributed by atoms with Gasteiger partial charge < -0.3 is 10.2 Å². The van der Waals surface area contributed by atoms with Crippen molar-refractivity contribution in [3.05, 3.63) is 41.1 Å². The van der Waals surface area contributed by atoms with Gasteiger partial charge in [-0.2, -0.15) is 26.3 Å². The number of benzene rings is 1. The van der Waals surface area contributed by atoms with E-state index in [4.69, 9.17) is 0 Å². The number of halogens is 6. The van der Waals surface area contributed by atoms with Gasteiger partial charge in [-0.25, -0.2) is 9.78 Å². The Morgan fingerprint density at radius 2 is 1.93 bits per heavy atom. The zero-order valence-corrected chi connectivity index (χ0v) is 15.3. The molecule has 2 N–H and O–H groups in total. The number of thioether (sulfide) groups is 1. The summed E-state index contributed by atoms with van der Waals surface area (Å²) < 4.78 is 79.6. The number of aliphatic hydroxyl groups excluding tert-OH is 1. The van der Waals surface area contributed by atoms with Crippen LogP contribution in [0.2, 0.25) is 0 Å². The first kappa shape index (κ1) is 21.7. The van der Waals surface area contributed by atoms with Gasteiger partial charge in [0.25, 0.3) is 0 Å². The van der Waals surface area contributed by atoms with E-state index in [1.54, 1.807) is 0 Å². The minimum Gasteiger partial charge on any atom is -0.479 e. The molecule has 1 saturated heterocycles. The quantitative estimate of drug-likeness (QED) is 0.706. The molecule has 0 spiro atoms. The van der Waals surface area contributed by atoms with Gasteiger partial charge in [0.2, 0.25) is 0 Å². The molecule has 5 nitrogen and oxygen atoms in total. The summed E-state index contributed by atoms with van der Waals surface area (Å²) in [6, 6.07) is 3.28. The summed E-state index contributed by atoms with van der Waals surface area (Å²) in [4.78, 5) is 15.8. The number of β-amino-alcohol motifs (C(OH)–C–C–N with tert-alkyl or cyclic N) is 1. The molecular formula is C17H14F6N2O3S. The molecule has 1 aromatic heterocycles. The van der Waals surface area contributed by atoms with E-state index in [1.165, 1.54) is 4.90 Å². The van der Waals surface area contributed by atoms with Crippen LogP contribution < -0.4 is 0 Å². The van der Waals surface area contributed by atoms with E-state index < -0.39 is 52.1 Å². The molecule has 0 amide bonds. The van der Waals surface area contributed by atoms with Crippen LogP contribution in [0, 0.1) is 0 Å². The topological polar surface area (TPSA) is 73.7 Å². The van der Waals surface area contributed by atoms with Crippen molar-refractivity contribution in [2.24, 2.45) is 0 Å². The highest BCUT2D eigenvalue weighted by molar-refractivity contribution is 8.00. The summed E-state index contributed by atoms with van der Waals surface area (Å²) >= 11 is 1.09. The van der Waals surface area contributed by atoms with Crippen LogP contribution in [0.1, 0.15) is 22.9 Å². The van der Waals surface area contributed by atoms with Gasteiger partial charge in [-0.1, -0.05) is 12.1 Å². The SMILES string of the molecule is O=C(O)C1SCCN1CC(O)c1cc(C(F)(F)F)nc2c(C(F)(F)F)cccc12. The van der Waals surface area contributed by atoms with Gasteiger partial charge in [-0.15, -0.1) is 11.8 Å². The summed E-state index contributed by atoms with van der Waals surface area (Å²) in [5, 5.41) is 18.5. The number of hydrogen-bond acceptors (Lipinski definition) is 5. The van der Waals surface area contributed by atoms with Crippen LogP contribution in [0.15, 0.2) is 24.3 Å². The number of alkyl halides is 6. The van der Waals surface area contributed by atoms with Crippen molar-refractivity contribution >= 4 is 28.6 Å². The first-order valence-corrected chi connectivity index (χ1v) is 9.29. The summed E-state index contributed by atoms with van der Waals surface area (Å²) in [6.07, 6.45) is -11.6. The number of fused-ring (bicyclic) bond motifs is 1. The van der Waals surface area contributed by atoms with E-state index in [9.17, 15) is 41.4 Å². The molecule has 3 rings (SSSR count). The van der Waals surface area contributed by atoms with Gasteiger partial charge >= 0.3 is 18.3 Å². The Morgan fingerprint density at radius 1 is 1.24 bits per heavy atom. The van der Waals surface area contributed by atoms with Crippen LogP contribution in [0.4, 0.5) is 26.3 Å². The number of aromatic nitrogens is 1. The highest BCUT2D eigenvalue weighted by atomic mass is 32.2. The largest absolute Gasteiger partial charge is 0.479 e. The van der Waals surface area contributed by atoms with Crippen molar-refractivity contribution in [3.63, 3.8) is 0 Å². The zero-order valence-electron chi connectivity index (χ0n) is 14.5. The number of nitrogens with zero attached hydrogens (tertiary/aromatic N) is 2. The Balaban J connectivity index is 2.12. The van der Waals surface area contributed by atoms with Crippen molar-refractivity contribution in [1.82, 2.24) is 9.88 Å². The first-order valence-electron chi connectivity index (χ1n) is 8.24. The number of carbonyl (C=O) groups is 1. The van der Waals surface area contributed by atoms with Crippen LogP contribution in [0.5, 0.6) is 0 Å². The summed E-state index contributed by atoms with van der Waals surface area (Å²) in [6.45, 7) is -0.0851. The van der Waals surface area contributed by atoms with Gasteiger partial charge in [0.05, 0.1) is 17.2 Å². The summed E-state index contributed by atoms with van der Waals surface area (Å²) in [7, 11) is 0. The zero-order chi connectivity index (χ0) is 21.6. The maximum absolute atomic E-state index is 13.3. The first-order chi connectivity index (χ1) is 13.4. The highest BCUT2D eigenvalue weighted by Crippen LogP contribution is 2.39. The maximum Gasteiger partial charge on any atom is 0.433 e.